The Morgan fingerprint density at radius 3 is 2.62 bits per heavy atom. The molecule has 0 N–H and O–H groups in total. The fourth-order valence-corrected chi connectivity index (χ4v) is 3.67. The van der Waals surface area contributed by atoms with Crippen molar-refractivity contribution in [1.82, 2.24) is 9.66 Å². The van der Waals surface area contributed by atoms with Gasteiger partial charge < -0.3 is 0 Å². The van der Waals surface area contributed by atoms with Crippen molar-refractivity contribution < 1.29 is 0 Å². The average Bonchev–Trinajstić information content (AvgIpc) is 3.03. The Bertz CT molecular complexity index is 1020. The average molecular weight is 427 g/mol. The second kappa shape index (κ2) is 8.38. The van der Waals surface area contributed by atoms with Gasteiger partial charge in [-0.05, 0) is 32.0 Å². The van der Waals surface area contributed by atoms with Crippen molar-refractivity contribution in [3.8, 4) is 11.3 Å². The zero-order chi connectivity index (χ0) is 18.5. The van der Waals surface area contributed by atoms with E-state index in [1.807, 2.05) is 48.9 Å². The molecule has 132 valence electrons. The van der Waals surface area contributed by atoms with Crippen molar-refractivity contribution in [2.75, 3.05) is 6.54 Å². The summed E-state index contributed by atoms with van der Waals surface area (Å²) >= 11 is 5.21. The number of halogens is 1. The van der Waals surface area contributed by atoms with Crippen molar-refractivity contribution >= 4 is 33.0 Å². The van der Waals surface area contributed by atoms with Crippen LogP contribution in [-0.2, 0) is 0 Å². The first kappa shape index (κ1) is 18.5. The summed E-state index contributed by atoms with van der Waals surface area (Å²) in [6.07, 6.45) is 3.54. The molecule has 0 aliphatic rings. The Kier molecular flexibility index (Phi) is 5.96. The van der Waals surface area contributed by atoms with Gasteiger partial charge in [-0.25, -0.2) is 4.68 Å². The van der Waals surface area contributed by atoms with Gasteiger partial charge in [0.15, 0.2) is 0 Å². The third-order valence-corrected chi connectivity index (χ3v) is 5.21. The molecule has 3 rings (SSSR count). The van der Waals surface area contributed by atoms with Crippen LogP contribution in [0.4, 0.5) is 0 Å². The first-order chi connectivity index (χ1) is 12.6. The maximum Gasteiger partial charge on any atom is 0.206 e. The third-order valence-electron chi connectivity index (χ3n) is 3.67. The lowest BCUT2D eigenvalue weighted by Gasteiger charge is -2.08. The van der Waals surface area contributed by atoms with E-state index in [0.717, 1.165) is 37.4 Å². The first-order valence-electron chi connectivity index (χ1n) is 8.12. The molecular weight excluding hydrogens is 408 g/mol. The zero-order valence-corrected chi connectivity index (χ0v) is 17.1. The van der Waals surface area contributed by atoms with E-state index < -0.39 is 0 Å². The van der Waals surface area contributed by atoms with Gasteiger partial charge in [0.2, 0.25) is 4.80 Å². The molecule has 6 heteroatoms. The van der Waals surface area contributed by atoms with Gasteiger partial charge in [-0.15, -0.1) is 11.3 Å². The molecule has 0 unspecified atom stereocenters. The molecule has 26 heavy (non-hydrogen) atoms. The van der Waals surface area contributed by atoms with Gasteiger partial charge in [0.25, 0.3) is 0 Å². The molecule has 2 heterocycles. The number of hydrogen-bond donors (Lipinski definition) is 0. The summed E-state index contributed by atoms with van der Waals surface area (Å²) in [5, 5.41) is 6.94. The maximum absolute atomic E-state index is 4.86. The Hall–Kier alpha value is -2.31. The number of aromatic nitrogens is 2. The smallest absolute Gasteiger partial charge is 0.206 e. The van der Waals surface area contributed by atoms with Crippen LogP contribution in [0.2, 0.25) is 0 Å². The first-order valence-corrected chi connectivity index (χ1v) is 9.80. The number of pyridine rings is 1. The second-order valence-corrected chi connectivity index (χ2v) is 7.58. The topological polar surface area (TPSA) is 42.5 Å². The highest BCUT2D eigenvalue weighted by Gasteiger charge is 2.11. The molecule has 4 nitrogen and oxygen atoms in total. The van der Waals surface area contributed by atoms with Gasteiger partial charge in [-0.3, -0.25) is 9.98 Å². The number of nitrogens with zero attached hydrogens (tertiary/aromatic N) is 4. The van der Waals surface area contributed by atoms with E-state index in [4.69, 9.17) is 5.10 Å². The highest BCUT2D eigenvalue weighted by Crippen LogP contribution is 2.28. The van der Waals surface area contributed by atoms with Gasteiger partial charge in [0, 0.05) is 33.4 Å². The lowest BCUT2D eigenvalue weighted by Crippen LogP contribution is -2.15. The van der Waals surface area contributed by atoms with Gasteiger partial charge in [0.05, 0.1) is 18.0 Å². The summed E-state index contributed by atoms with van der Waals surface area (Å²) in [6, 6.07) is 12.0. The van der Waals surface area contributed by atoms with Gasteiger partial charge in [0.1, 0.15) is 0 Å². The van der Waals surface area contributed by atoms with Crippen LogP contribution in [0.15, 0.2) is 80.9 Å². The van der Waals surface area contributed by atoms with Crippen LogP contribution in [-0.4, -0.2) is 21.9 Å². The van der Waals surface area contributed by atoms with Crippen LogP contribution in [0.5, 0.6) is 0 Å². The zero-order valence-electron chi connectivity index (χ0n) is 14.7. The molecule has 3 aromatic rings. The predicted octanol–water partition coefficient (Wildman–Crippen LogP) is 5.12. The lowest BCUT2D eigenvalue weighted by molar-refractivity contribution is 0.830. The monoisotopic (exact) mass is 426 g/mol. The molecule has 0 amide bonds. The molecule has 0 aliphatic heterocycles. The number of thiazole rings is 1. The van der Waals surface area contributed by atoms with Crippen LogP contribution in [0, 0.1) is 0 Å². The summed E-state index contributed by atoms with van der Waals surface area (Å²) in [5.74, 6) is 0. The maximum atomic E-state index is 4.86. The highest BCUT2D eigenvalue weighted by atomic mass is 79.9. The van der Waals surface area contributed by atoms with Crippen molar-refractivity contribution in [2.24, 2.45) is 10.1 Å². The minimum Gasteiger partial charge on any atom is -0.265 e. The fourth-order valence-electron chi connectivity index (χ4n) is 2.36. The third kappa shape index (κ3) is 4.26. The van der Waals surface area contributed by atoms with Crippen LogP contribution in [0.3, 0.4) is 0 Å². The summed E-state index contributed by atoms with van der Waals surface area (Å²) in [6.45, 7) is 8.49. The van der Waals surface area contributed by atoms with E-state index in [0.29, 0.717) is 6.54 Å². The fraction of sp³-hybridized carbons (Fsp3) is 0.150. The van der Waals surface area contributed by atoms with E-state index in [9.17, 15) is 0 Å². The van der Waals surface area contributed by atoms with Crippen molar-refractivity contribution in [3.63, 3.8) is 0 Å². The predicted molar refractivity (Wildman–Crippen MR) is 113 cm³/mol. The Balaban J connectivity index is 2.17. The van der Waals surface area contributed by atoms with Gasteiger partial charge in [-0.2, -0.15) is 5.10 Å². The molecule has 0 spiro atoms. The summed E-state index contributed by atoms with van der Waals surface area (Å²) in [4.78, 5) is 9.59. The van der Waals surface area contributed by atoms with Crippen LogP contribution in [0.1, 0.15) is 19.4 Å². The van der Waals surface area contributed by atoms with Gasteiger partial charge in [-0.1, -0.05) is 46.3 Å². The lowest BCUT2D eigenvalue weighted by atomic mass is 10.2. The SMILES string of the molecule is C=C(C)CN=c1scc(-c2ccccc2Br)n1N=C(C)c1ccncc1. The molecule has 0 aliphatic carbocycles. The Morgan fingerprint density at radius 2 is 1.92 bits per heavy atom. The number of hydrogen-bond acceptors (Lipinski definition) is 4. The minimum absolute atomic E-state index is 0.583. The van der Waals surface area contributed by atoms with E-state index in [1.54, 1.807) is 23.7 Å². The number of benzene rings is 1. The molecule has 0 fully saturated rings. The van der Waals surface area contributed by atoms with E-state index in [1.165, 1.54) is 0 Å². The normalized spacial score (nSPS) is 12.4. The van der Waals surface area contributed by atoms with Crippen LogP contribution < -0.4 is 4.80 Å². The standard InChI is InChI=1S/C20H19BrN4S/c1-14(2)12-23-20-25(24-15(3)16-8-10-22-11-9-16)19(13-26-20)17-6-4-5-7-18(17)21/h4-11,13H,1,12H2,2-3H3. The van der Waals surface area contributed by atoms with E-state index in [-0.39, 0.29) is 0 Å². The molecular formula is C20H19BrN4S. The molecule has 0 radical (unpaired) electrons. The van der Waals surface area contributed by atoms with Crippen molar-refractivity contribution in [1.29, 1.82) is 0 Å². The number of rotatable bonds is 5. The Labute approximate surface area is 165 Å². The summed E-state index contributed by atoms with van der Waals surface area (Å²) in [7, 11) is 0. The molecule has 1 aromatic carbocycles. The molecule has 0 saturated heterocycles. The summed E-state index contributed by atoms with van der Waals surface area (Å²) in [5.41, 5.74) is 5.02. The second-order valence-electron chi connectivity index (χ2n) is 5.89. The quantitative estimate of drug-likeness (QED) is 0.412. The van der Waals surface area contributed by atoms with Crippen molar-refractivity contribution in [3.05, 3.63) is 81.2 Å². The van der Waals surface area contributed by atoms with Gasteiger partial charge >= 0.3 is 0 Å². The molecule has 0 bridgehead atoms. The summed E-state index contributed by atoms with van der Waals surface area (Å²) < 4.78 is 2.93. The largest absolute Gasteiger partial charge is 0.265 e. The Morgan fingerprint density at radius 1 is 1.19 bits per heavy atom. The van der Waals surface area contributed by atoms with E-state index in [2.05, 4.69) is 43.9 Å². The van der Waals surface area contributed by atoms with Crippen LogP contribution in [0.25, 0.3) is 11.3 Å². The molecule has 0 atom stereocenters. The minimum atomic E-state index is 0.583. The molecule has 2 aromatic heterocycles. The van der Waals surface area contributed by atoms with Crippen molar-refractivity contribution in [2.45, 2.75) is 13.8 Å². The highest BCUT2D eigenvalue weighted by molar-refractivity contribution is 9.10. The molecule has 0 saturated carbocycles. The van der Waals surface area contributed by atoms with Crippen LogP contribution >= 0.6 is 27.3 Å². The van der Waals surface area contributed by atoms with E-state index >= 15 is 0 Å².